The van der Waals surface area contributed by atoms with Crippen LogP contribution in [0.1, 0.15) is 30.7 Å². The molecule has 2 aromatic rings. The van der Waals surface area contributed by atoms with Crippen molar-refractivity contribution in [2.75, 3.05) is 0 Å². The van der Waals surface area contributed by atoms with Gasteiger partial charge in [-0.05, 0) is 23.8 Å². The largest absolute Gasteiger partial charge is 0.343 e. The van der Waals surface area contributed by atoms with Gasteiger partial charge in [-0.2, -0.15) is 0 Å². The molecule has 2 heterocycles. The Morgan fingerprint density at radius 3 is 2.86 bits per heavy atom. The SMILES string of the molecule is CC1(C)C=Cc2c(n3c(cc2=O)-c2ccccc2CC3)C1. The van der Waals surface area contributed by atoms with E-state index in [1.807, 2.05) is 12.1 Å². The number of hydrogen-bond acceptors (Lipinski definition) is 1. The van der Waals surface area contributed by atoms with Crippen molar-refractivity contribution in [3.05, 3.63) is 63.5 Å². The molecule has 106 valence electrons. The second kappa shape index (κ2) is 4.20. The first-order valence-electron chi connectivity index (χ1n) is 7.59. The smallest absolute Gasteiger partial charge is 0.189 e. The Morgan fingerprint density at radius 2 is 2.00 bits per heavy atom. The molecular weight excluding hydrogens is 258 g/mol. The van der Waals surface area contributed by atoms with E-state index in [9.17, 15) is 4.79 Å². The molecule has 1 aromatic carbocycles. The van der Waals surface area contributed by atoms with Crippen molar-refractivity contribution in [2.24, 2.45) is 5.41 Å². The first-order chi connectivity index (χ1) is 10.1. The van der Waals surface area contributed by atoms with Gasteiger partial charge >= 0.3 is 0 Å². The maximum absolute atomic E-state index is 12.5. The molecule has 0 spiro atoms. The predicted molar refractivity (Wildman–Crippen MR) is 86.4 cm³/mol. The third kappa shape index (κ3) is 1.90. The highest BCUT2D eigenvalue weighted by Crippen LogP contribution is 2.35. The van der Waals surface area contributed by atoms with Gasteiger partial charge in [0.2, 0.25) is 0 Å². The fourth-order valence-electron chi connectivity index (χ4n) is 3.58. The molecule has 1 aliphatic carbocycles. The molecule has 4 rings (SSSR count). The van der Waals surface area contributed by atoms with Crippen molar-refractivity contribution < 1.29 is 0 Å². The summed E-state index contributed by atoms with van der Waals surface area (Å²) < 4.78 is 2.37. The van der Waals surface area contributed by atoms with Gasteiger partial charge in [0, 0.05) is 29.4 Å². The van der Waals surface area contributed by atoms with Gasteiger partial charge in [-0.25, -0.2) is 0 Å². The van der Waals surface area contributed by atoms with Crippen molar-refractivity contribution in [2.45, 2.75) is 33.2 Å². The van der Waals surface area contributed by atoms with Crippen molar-refractivity contribution in [1.82, 2.24) is 4.57 Å². The first kappa shape index (κ1) is 12.6. The lowest BCUT2D eigenvalue weighted by Crippen LogP contribution is -2.28. The zero-order valence-corrected chi connectivity index (χ0v) is 12.5. The molecule has 0 saturated heterocycles. The van der Waals surface area contributed by atoms with Crippen LogP contribution in [0, 0.1) is 5.41 Å². The molecule has 0 fully saturated rings. The highest BCUT2D eigenvalue weighted by Gasteiger charge is 2.27. The van der Waals surface area contributed by atoms with Crippen LogP contribution < -0.4 is 5.43 Å². The summed E-state index contributed by atoms with van der Waals surface area (Å²) in [6.07, 6.45) is 6.17. The van der Waals surface area contributed by atoms with Crippen LogP contribution in [-0.2, 0) is 19.4 Å². The quantitative estimate of drug-likeness (QED) is 0.720. The maximum Gasteiger partial charge on any atom is 0.189 e. The van der Waals surface area contributed by atoms with E-state index in [2.05, 4.69) is 48.8 Å². The van der Waals surface area contributed by atoms with E-state index in [1.54, 1.807) is 0 Å². The van der Waals surface area contributed by atoms with Gasteiger partial charge in [0.25, 0.3) is 0 Å². The standard InChI is InChI=1S/C19H19NO/c1-19(2)9-7-15-17(12-19)20-10-8-13-5-3-4-6-14(13)16(20)11-18(15)21/h3-7,9,11H,8,10,12H2,1-2H3. The molecule has 1 aromatic heterocycles. The minimum absolute atomic E-state index is 0.124. The minimum Gasteiger partial charge on any atom is -0.343 e. The second-order valence-electron chi connectivity index (χ2n) is 6.81. The Labute approximate surface area is 124 Å². The average molecular weight is 277 g/mol. The molecule has 0 bridgehead atoms. The number of rotatable bonds is 0. The molecule has 0 N–H and O–H groups in total. The monoisotopic (exact) mass is 277 g/mol. The highest BCUT2D eigenvalue weighted by molar-refractivity contribution is 5.69. The summed E-state index contributed by atoms with van der Waals surface area (Å²) in [7, 11) is 0. The molecule has 0 saturated carbocycles. The van der Waals surface area contributed by atoms with Gasteiger partial charge in [0.1, 0.15) is 0 Å². The van der Waals surface area contributed by atoms with E-state index in [4.69, 9.17) is 0 Å². The molecule has 0 atom stereocenters. The van der Waals surface area contributed by atoms with Crippen LogP contribution >= 0.6 is 0 Å². The first-order valence-corrected chi connectivity index (χ1v) is 7.59. The Bertz CT molecular complexity index is 824. The summed E-state index contributed by atoms with van der Waals surface area (Å²) in [5.74, 6) is 0. The lowest BCUT2D eigenvalue weighted by Gasteiger charge is -2.32. The number of benzene rings is 1. The lowest BCUT2D eigenvalue weighted by molar-refractivity contribution is 0.449. The van der Waals surface area contributed by atoms with Gasteiger partial charge in [-0.15, -0.1) is 0 Å². The van der Waals surface area contributed by atoms with E-state index in [0.717, 1.165) is 30.6 Å². The fraction of sp³-hybridized carbons (Fsp3) is 0.316. The Hall–Kier alpha value is -2.09. The van der Waals surface area contributed by atoms with E-state index in [1.165, 1.54) is 16.8 Å². The van der Waals surface area contributed by atoms with E-state index < -0.39 is 0 Å². The van der Waals surface area contributed by atoms with Gasteiger partial charge in [-0.3, -0.25) is 4.79 Å². The normalized spacial score (nSPS) is 17.8. The molecule has 0 radical (unpaired) electrons. The summed E-state index contributed by atoms with van der Waals surface area (Å²) in [6.45, 7) is 5.43. The fourth-order valence-corrected chi connectivity index (χ4v) is 3.58. The summed E-state index contributed by atoms with van der Waals surface area (Å²) in [6, 6.07) is 10.3. The lowest BCUT2D eigenvalue weighted by atomic mass is 9.80. The molecule has 0 amide bonds. The van der Waals surface area contributed by atoms with Gasteiger partial charge in [-0.1, -0.05) is 50.3 Å². The summed E-state index contributed by atoms with van der Waals surface area (Å²) >= 11 is 0. The van der Waals surface area contributed by atoms with Crippen LogP contribution in [0.2, 0.25) is 0 Å². The summed E-state index contributed by atoms with van der Waals surface area (Å²) in [5.41, 5.74) is 6.03. The zero-order chi connectivity index (χ0) is 14.6. The third-order valence-corrected chi connectivity index (χ3v) is 4.68. The zero-order valence-electron chi connectivity index (χ0n) is 12.5. The Morgan fingerprint density at radius 1 is 1.19 bits per heavy atom. The minimum atomic E-state index is 0.124. The van der Waals surface area contributed by atoms with Crippen LogP contribution in [-0.4, -0.2) is 4.57 Å². The van der Waals surface area contributed by atoms with Crippen molar-refractivity contribution >= 4 is 6.08 Å². The number of aromatic nitrogens is 1. The van der Waals surface area contributed by atoms with Crippen LogP contribution in [0.25, 0.3) is 17.3 Å². The Kier molecular flexibility index (Phi) is 2.53. The number of pyridine rings is 1. The van der Waals surface area contributed by atoms with Gasteiger partial charge in [0.15, 0.2) is 5.43 Å². The average Bonchev–Trinajstić information content (AvgIpc) is 2.46. The van der Waals surface area contributed by atoms with Gasteiger partial charge < -0.3 is 4.57 Å². The molecule has 21 heavy (non-hydrogen) atoms. The maximum atomic E-state index is 12.5. The van der Waals surface area contributed by atoms with Crippen LogP contribution in [0.5, 0.6) is 0 Å². The topological polar surface area (TPSA) is 22.0 Å². The van der Waals surface area contributed by atoms with Crippen LogP contribution in [0.3, 0.4) is 0 Å². The number of hydrogen-bond donors (Lipinski definition) is 0. The van der Waals surface area contributed by atoms with Crippen molar-refractivity contribution in [3.63, 3.8) is 0 Å². The molecule has 2 nitrogen and oxygen atoms in total. The predicted octanol–water partition coefficient (Wildman–Crippen LogP) is 3.67. The van der Waals surface area contributed by atoms with Crippen molar-refractivity contribution in [3.8, 4) is 11.3 Å². The number of allylic oxidation sites excluding steroid dienone is 1. The molecule has 2 heteroatoms. The highest BCUT2D eigenvalue weighted by atomic mass is 16.1. The number of nitrogens with zero attached hydrogens (tertiary/aromatic N) is 1. The van der Waals surface area contributed by atoms with E-state index >= 15 is 0 Å². The van der Waals surface area contributed by atoms with E-state index in [-0.39, 0.29) is 10.8 Å². The second-order valence-corrected chi connectivity index (χ2v) is 6.81. The Balaban J connectivity index is 2.02. The van der Waals surface area contributed by atoms with Gasteiger partial charge in [0.05, 0.1) is 5.69 Å². The van der Waals surface area contributed by atoms with E-state index in [0.29, 0.717) is 0 Å². The molecule has 1 aliphatic heterocycles. The van der Waals surface area contributed by atoms with Crippen LogP contribution in [0.15, 0.2) is 41.2 Å². The van der Waals surface area contributed by atoms with Crippen molar-refractivity contribution in [1.29, 1.82) is 0 Å². The third-order valence-electron chi connectivity index (χ3n) is 4.68. The van der Waals surface area contributed by atoms with Crippen LogP contribution in [0.4, 0.5) is 0 Å². The summed E-state index contributed by atoms with van der Waals surface area (Å²) in [5, 5.41) is 0. The number of fused-ring (bicyclic) bond motifs is 5. The summed E-state index contributed by atoms with van der Waals surface area (Å²) in [4.78, 5) is 12.5. The number of aryl methyl sites for hydroxylation is 1. The molecule has 0 unspecified atom stereocenters. The molecule has 2 aliphatic rings. The molecular formula is C19H19NO.